The molecule has 2 heterocycles. The van der Waals surface area contributed by atoms with Crippen molar-refractivity contribution in [3.63, 3.8) is 0 Å². The average molecular weight is 254 g/mol. The van der Waals surface area contributed by atoms with Crippen molar-refractivity contribution in [3.8, 4) is 0 Å². The number of hydrazine groups is 2. The van der Waals surface area contributed by atoms with Crippen LogP contribution in [0.4, 0.5) is 5.82 Å². The Morgan fingerprint density at radius 2 is 2.11 bits per heavy atom. The quantitative estimate of drug-likeness (QED) is 0.892. The van der Waals surface area contributed by atoms with Gasteiger partial charge in [0, 0.05) is 18.5 Å². The maximum Gasteiger partial charge on any atom is 0.239 e. The summed E-state index contributed by atoms with van der Waals surface area (Å²) in [6, 6.07) is 11.8. The van der Waals surface area contributed by atoms with Crippen LogP contribution in [0.2, 0.25) is 0 Å². The maximum atomic E-state index is 11.4. The highest BCUT2D eigenvalue weighted by molar-refractivity contribution is 5.80. The van der Waals surface area contributed by atoms with E-state index in [0.29, 0.717) is 12.4 Å². The Balaban J connectivity index is 1.85. The van der Waals surface area contributed by atoms with E-state index >= 15 is 0 Å². The molecule has 1 aromatic carbocycles. The Bertz CT molecular complexity index is 653. The Morgan fingerprint density at radius 1 is 1.26 bits per heavy atom. The van der Waals surface area contributed by atoms with Crippen molar-refractivity contribution in [3.05, 3.63) is 48.7 Å². The van der Waals surface area contributed by atoms with Crippen LogP contribution in [0.5, 0.6) is 0 Å². The summed E-state index contributed by atoms with van der Waals surface area (Å²) in [6.45, 7) is 2.12. The number of pyridine rings is 1. The molecule has 0 unspecified atom stereocenters. The van der Waals surface area contributed by atoms with Crippen LogP contribution in [0, 0.1) is 0 Å². The van der Waals surface area contributed by atoms with E-state index < -0.39 is 0 Å². The number of fused-ring (bicyclic) bond motifs is 1. The van der Waals surface area contributed by atoms with Gasteiger partial charge in [0.15, 0.2) is 0 Å². The summed E-state index contributed by atoms with van der Waals surface area (Å²) >= 11 is 0. The summed E-state index contributed by atoms with van der Waals surface area (Å²) in [4.78, 5) is 16.0. The summed E-state index contributed by atoms with van der Waals surface area (Å²) < 4.78 is 0. The zero-order valence-electron chi connectivity index (χ0n) is 10.6. The average Bonchev–Trinajstić information content (AvgIpc) is 2.87. The lowest BCUT2D eigenvalue weighted by Gasteiger charge is -2.28. The molecule has 5 heteroatoms. The number of anilines is 1. The molecule has 0 radical (unpaired) electrons. The van der Waals surface area contributed by atoms with Crippen molar-refractivity contribution >= 4 is 22.6 Å². The number of rotatable bonds is 2. The van der Waals surface area contributed by atoms with Gasteiger partial charge >= 0.3 is 0 Å². The van der Waals surface area contributed by atoms with Crippen LogP contribution in [0.1, 0.15) is 6.92 Å². The van der Waals surface area contributed by atoms with Gasteiger partial charge in [-0.3, -0.25) is 10.2 Å². The molecule has 2 aromatic rings. The van der Waals surface area contributed by atoms with E-state index in [1.165, 1.54) is 6.92 Å². The van der Waals surface area contributed by atoms with Gasteiger partial charge in [0.25, 0.3) is 0 Å². The Labute approximate surface area is 111 Å². The number of hydrogen-bond donors (Lipinski definition) is 1. The van der Waals surface area contributed by atoms with Crippen LogP contribution in [-0.4, -0.2) is 27.6 Å². The van der Waals surface area contributed by atoms with Crippen molar-refractivity contribution in [2.75, 3.05) is 12.0 Å². The predicted molar refractivity (Wildman–Crippen MR) is 73.7 cm³/mol. The highest BCUT2D eigenvalue weighted by Gasteiger charge is 2.18. The van der Waals surface area contributed by atoms with Gasteiger partial charge in [0.05, 0.1) is 12.1 Å². The molecule has 0 bridgehead atoms. The number of nitrogens with zero attached hydrogens (tertiary/aromatic N) is 3. The molecule has 0 spiro atoms. The number of benzene rings is 1. The van der Waals surface area contributed by atoms with Crippen LogP contribution in [0.15, 0.2) is 48.7 Å². The van der Waals surface area contributed by atoms with Crippen molar-refractivity contribution in [1.29, 1.82) is 0 Å². The van der Waals surface area contributed by atoms with E-state index in [-0.39, 0.29) is 5.91 Å². The SMILES string of the molecule is CC(=O)N1CC=CN1Nc1ccc2ccccc2n1. The second-order valence-electron chi connectivity index (χ2n) is 4.33. The summed E-state index contributed by atoms with van der Waals surface area (Å²) in [7, 11) is 0. The minimum Gasteiger partial charge on any atom is -0.273 e. The molecule has 0 fully saturated rings. The van der Waals surface area contributed by atoms with Gasteiger partial charge in [-0.25, -0.2) is 9.99 Å². The van der Waals surface area contributed by atoms with E-state index in [4.69, 9.17) is 0 Å². The first kappa shape index (κ1) is 11.5. The third kappa shape index (κ3) is 2.22. The van der Waals surface area contributed by atoms with Crippen LogP contribution in [-0.2, 0) is 4.79 Å². The van der Waals surface area contributed by atoms with E-state index in [2.05, 4.69) is 10.4 Å². The van der Waals surface area contributed by atoms with Gasteiger partial charge < -0.3 is 0 Å². The zero-order chi connectivity index (χ0) is 13.2. The Hall–Kier alpha value is -2.56. The van der Waals surface area contributed by atoms with Crippen LogP contribution < -0.4 is 5.43 Å². The molecule has 1 N–H and O–H groups in total. The summed E-state index contributed by atoms with van der Waals surface area (Å²) in [5.74, 6) is 0.690. The van der Waals surface area contributed by atoms with Gasteiger partial charge in [0.1, 0.15) is 5.82 Å². The third-order valence-electron chi connectivity index (χ3n) is 2.98. The fourth-order valence-corrected chi connectivity index (χ4v) is 2.04. The van der Waals surface area contributed by atoms with E-state index in [0.717, 1.165) is 10.9 Å². The first-order valence-electron chi connectivity index (χ1n) is 6.10. The number of amides is 1. The fraction of sp³-hybridized carbons (Fsp3) is 0.143. The molecule has 19 heavy (non-hydrogen) atoms. The monoisotopic (exact) mass is 254 g/mol. The lowest BCUT2D eigenvalue weighted by molar-refractivity contribution is -0.137. The topological polar surface area (TPSA) is 48.5 Å². The molecule has 1 amide bonds. The second-order valence-corrected chi connectivity index (χ2v) is 4.33. The number of para-hydroxylation sites is 1. The lowest BCUT2D eigenvalue weighted by Crippen LogP contribution is -2.42. The second kappa shape index (κ2) is 4.61. The summed E-state index contributed by atoms with van der Waals surface area (Å²) in [5.41, 5.74) is 4.03. The molecule has 1 aromatic heterocycles. The molecule has 0 atom stereocenters. The molecular formula is C14H14N4O. The molecule has 0 saturated heterocycles. The van der Waals surface area contributed by atoms with Crippen LogP contribution in [0.25, 0.3) is 10.9 Å². The number of carbonyl (C=O) groups excluding carboxylic acids is 1. The van der Waals surface area contributed by atoms with Crippen molar-refractivity contribution < 1.29 is 4.79 Å². The first-order chi connectivity index (χ1) is 9.24. The molecular weight excluding hydrogens is 240 g/mol. The van der Waals surface area contributed by atoms with Gasteiger partial charge in [-0.2, -0.15) is 5.12 Å². The highest BCUT2D eigenvalue weighted by atomic mass is 16.2. The Kier molecular flexibility index (Phi) is 2.79. The third-order valence-corrected chi connectivity index (χ3v) is 2.98. The molecule has 0 aliphatic carbocycles. The van der Waals surface area contributed by atoms with Crippen molar-refractivity contribution in [2.45, 2.75) is 6.92 Å². The van der Waals surface area contributed by atoms with Crippen LogP contribution >= 0.6 is 0 Å². The van der Waals surface area contributed by atoms with Gasteiger partial charge in [-0.05, 0) is 24.3 Å². The van der Waals surface area contributed by atoms with Gasteiger partial charge in [-0.1, -0.05) is 18.2 Å². The highest BCUT2D eigenvalue weighted by Crippen LogP contribution is 2.16. The number of hydrogen-bond acceptors (Lipinski definition) is 4. The number of carbonyl (C=O) groups is 1. The minimum atomic E-state index is -0.0155. The predicted octanol–water partition coefficient (Wildman–Crippen LogP) is 2.15. The Morgan fingerprint density at radius 3 is 2.95 bits per heavy atom. The number of nitrogens with one attached hydrogen (secondary N) is 1. The number of aromatic nitrogens is 1. The normalized spacial score (nSPS) is 14.2. The largest absolute Gasteiger partial charge is 0.273 e. The van der Waals surface area contributed by atoms with E-state index in [9.17, 15) is 4.79 Å². The molecule has 1 aliphatic rings. The van der Waals surface area contributed by atoms with Gasteiger partial charge in [0.2, 0.25) is 5.91 Å². The molecule has 0 saturated carbocycles. The molecule has 3 rings (SSSR count). The minimum absolute atomic E-state index is 0.0155. The smallest absolute Gasteiger partial charge is 0.239 e. The summed E-state index contributed by atoms with van der Waals surface area (Å²) in [6.07, 6.45) is 3.73. The fourth-order valence-electron chi connectivity index (χ4n) is 2.04. The first-order valence-corrected chi connectivity index (χ1v) is 6.10. The molecule has 5 nitrogen and oxygen atoms in total. The summed E-state index contributed by atoms with van der Waals surface area (Å²) in [5, 5.41) is 4.34. The van der Waals surface area contributed by atoms with Crippen molar-refractivity contribution in [1.82, 2.24) is 15.1 Å². The maximum absolute atomic E-state index is 11.4. The standard InChI is InChI=1S/C14H14N4O/c1-11(19)17-9-4-10-18(17)16-14-8-7-12-5-2-3-6-13(12)15-14/h2-8,10H,9H2,1H3,(H,15,16). The van der Waals surface area contributed by atoms with Crippen molar-refractivity contribution in [2.24, 2.45) is 0 Å². The van der Waals surface area contributed by atoms with E-state index in [1.54, 1.807) is 10.1 Å². The van der Waals surface area contributed by atoms with Crippen LogP contribution in [0.3, 0.4) is 0 Å². The molecule has 1 aliphatic heterocycles. The lowest BCUT2D eigenvalue weighted by atomic mass is 10.2. The molecule has 96 valence electrons. The zero-order valence-corrected chi connectivity index (χ0v) is 10.6. The van der Waals surface area contributed by atoms with E-state index in [1.807, 2.05) is 48.7 Å². The van der Waals surface area contributed by atoms with Gasteiger partial charge in [-0.15, -0.1) is 0 Å².